The van der Waals surface area contributed by atoms with Gasteiger partial charge in [0.2, 0.25) is 0 Å². The van der Waals surface area contributed by atoms with Gasteiger partial charge in [-0.25, -0.2) is 9.97 Å². The molecule has 2 amide bonds. The van der Waals surface area contributed by atoms with Crippen LogP contribution in [0, 0.1) is 17.8 Å². The Balaban J connectivity index is 1.10. The van der Waals surface area contributed by atoms with Gasteiger partial charge in [-0.1, -0.05) is 35.6 Å². The third kappa shape index (κ3) is 6.14. The number of aromatic nitrogens is 3. The molecule has 45 heavy (non-hydrogen) atoms. The average molecular weight is 641 g/mol. The van der Waals surface area contributed by atoms with Crippen molar-refractivity contribution in [3.8, 4) is 11.8 Å². The molecule has 0 aliphatic carbocycles. The number of imidazole rings is 1. The van der Waals surface area contributed by atoms with Gasteiger partial charge in [-0.15, -0.1) is 11.3 Å². The third-order valence-corrected chi connectivity index (χ3v) is 9.99. The molecule has 2 N–H and O–H groups in total. The lowest BCUT2D eigenvalue weighted by molar-refractivity contribution is -0.121. The molecule has 2 aromatic heterocycles. The van der Waals surface area contributed by atoms with Crippen LogP contribution >= 0.6 is 22.9 Å². The van der Waals surface area contributed by atoms with Gasteiger partial charge in [0.15, 0.2) is 11.2 Å². The highest BCUT2D eigenvalue weighted by Crippen LogP contribution is 2.38. The van der Waals surface area contributed by atoms with Crippen LogP contribution in [0.4, 0.5) is 5.13 Å². The van der Waals surface area contributed by atoms with Crippen LogP contribution in [0.25, 0.3) is 0 Å². The van der Waals surface area contributed by atoms with Crippen LogP contribution in [-0.4, -0.2) is 61.0 Å². The normalized spacial score (nSPS) is 17.1. The van der Waals surface area contributed by atoms with E-state index in [-0.39, 0.29) is 25.0 Å². The summed E-state index contributed by atoms with van der Waals surface area (Å²) in [7, 11) is 0. The molecular weight excluding hydrogens is 608 g/mol. The number of benzene rings is 2. The maximum absolute atomic E-state index is 13.9. The number of amides is 2. The van der Waals surface area contributed by atoms with E-state index in [0.29, 0.717) is 38.5 Å². The number of likely N-dealkylation sites (tertiary alicyclic amines) is 1. The minimum atomic E-state index is -0.923. The van der Waals surface area contributed by atoms with Gasteiger partial charge in [-0.05, 0) is 74.5 Å². The van der Waals surface area contributed by atoms with E-state index in [2.05, 4.69) is 48.7 Å². The highest BCUT2D eigenvalue weighted by molar-refractivity contribution is 7.13. The lowest BCUT2D eigenvalue weighted by Gasteiger charge is -2.31. The first kappa shape index (κ1) is 29.7. The van der Waals surface area contributed by atoms with E-state index in [0.717, 1.165) is 63.1 Å². The fraction of sp³-hybridized carbons (Fsp3) is 0.353. The van der Waals surface area contributed by atoms with Crippen molar-refractivity contribution in [2.75, 3.05) is 25.0 Å². The number of nitrogens with one attached hydrogen (secondary N) is 1. The lowest BCUT2D eigenvalue weighted by atomic mass is 9.97. The molecule has 1 atom stereocenters. The number of fused-ring (bicyclic) bond motifs is 2. The minimum Gasteiger partial charge on any atom is -0.396 e. The van der Waals surface area contributed by atoms with E-state index < -0.39 is 6.04 Å². The van der Waals surface area contributed by atoms with Gasteiger partial charge in [-0.3, -0.25) is 19.8 Å². The minimum absolute atomic E-state index is 0.197. The summed E-state index contributed by atoms with van der Waals surface area (Å²) in [6.07, 6.45) is 7.23. The summed E-state index contributed by atoms with van der Waals surface area (Å²) in [6, 6.07) is 10.9. The Kier molecular flexibility index (Phi) is 8.43. The number of nitrogens with zero attached hydrogens (tertiary/aromatic N) is 5. The van der Waals surface area contributed by atoms with Crippen LogP contribution in [0.3, 0.4) is 0 Å². The van der Waals surface area contributed by atoms with Gasteiger partial charge in [0.25, 0.3) is 11.8 Å². The standard InChI is InChI=1S/C34H33ClN6O3S/c35-28-17-25(8-5-22-3-6-23(7-4-22)18-39-13-9-24(20-42)10-14-39)16-26-27(28)19-41(33(26)44)31(32(43)38-34-36-11-15-45-34)30-29-2-1-12-40(29)21-37-30/h3-4,6-7,11,15-17,21,24,31,42H,1-2,9-10,12-14,18-20H2,(H,36,38,43)/t31-/m1/s1. The van der Waals surface area contributed by atoms with Gasteiger partial charge >= 0.3 is 0 Å². The van der Waals surface area contributed by atoms with Crippen LogP contribution in [0.15, 0.2) is 54.3 Å². The summed E-state index contributed by atoms with van der Waals surface area (Å²) in [4.78, 5) is 40.4. The molecule has 0 bridgehead atoms. The van der Waals surface area contributed by atoms with Crippen molar-refractivity contribution in [3.05, 3.63) is 98.5 Å². The van der Waals surface area contributed by atoms with E-state index in [1.54, 1.807) is 34.9 Å². The molecule has 1 fully saturated rings. The zero-order valence-corrected chi connectivity index (χ0v) is 26.3. The number of rotatable bonds is 7. The molecule has 4 aromatic rings. The Morgan fingerprint density at radius 3 is 2.67 bits per heavy atom. The summed E-state index contributed by atoms with van der Waals surface area (Å²) >= 11 is 8.06. The first-order chi connectivity index (χ1) is 22.0. The molecule has 11 heteroatoms. The van der Waals surface area contributed by atoms with Crippen LogP contribution in [0.1, 0.15) is 69.3 Å². The first-order valence-electron chi connectivity index (χ1n) is 15.3. The molecule has 0 unspecified atom stereocenters. The van der Waals surface area contributed by atoms with E-state index >= 15 is 0 Å². The van der Waals surface area contributed by atoms with Gasteiger partial charge in [0.1, 0.15) is 0 Å². The second-order valence-electron chi connectivity index (χ2n) is 11.9. The smallest absolute Gasteiger partial charge is 0.255 e. The summed E-state index contributed by atoms with van der Waals surface area (Å²) < 4.78 is 2.06. The number of thiazole rings is 1. The number of anilines is 1. The quantitative estimate of drug-likeness (QED) is 0.279. The number of halogens is 1. The largest absolute Gasteiger partial charge is 0.396 e. The highest BCUT2D eigenvalue weighted by atomic mass is 35.5. The molecule has 7 rings (SSSR count). The summed E-state index contributed by atoms with van der Waals surface area (Å²) in [6.45, 7) is 4.21. The molecule has 3 aliphatic rings. The Hall–Kier alpha value is -4.01. The van der Waals surface area contributed by atoms with Gasteiger partial charge in [0, 0.05) is 70.8 Å². The summed E-state index contributed by atoms with van der Waals surface area (Å²) in [5.74, 6) is 6.19. The molecule has 230 valence electrons. The van der Waals surface area contributed by atoms with Crippen LogP contribution in [0.5, 0.6) is 0 Å². The molecule has 0 saturated carbocycles. The fourth-order valence-electron chi connectivity index (χ4n) is 6.49. The number of hydrogen-bond acceptors (Lipinski definition) is 7. The zero-order valence-electron chi connectivity index (χ0n) is 24.7. The molecule has 9 nitrogen and oxygen atoms in total. The van der Waals surface area contributed by atoms with Crippen molar-refractivity contribution in [1.82, 2.24) is 24.3 Å². The lowest BCUT2D eigenvalue weighted by Crippen LogP contribution is -2.38. The predicted octanol–water partition coefficient (Wildman–Crippen LogP) is 4.88. The van der Waals surface area contributed by atoms with Crippen molar-refractivity contribution in [1.29, 1.82) is 0 Å². The third-order valence-electron chi connectivity index (χ3n) is 8.96. The van der Waals surface area contributed by atoms with E-state index in [1.165, 1.54) is 16.9 Å². The van der Waals surface area contributed by atoms with Crippen LogP contribution in [-0.2, 0) is 30.8 Å². The SMILES string of the molecule is O=C(Nc1nccs1)[C@@H](c1ncn2c1CCC2)N1Cc2c(Cl)cc(C#Cc3ccc(CN4CCC(CO)CC4)cc3)cc2C1=O. The Morgan fingerprint density at radius 1 is 1.11 bits per heavy atom. The Morgan fingerprint density at radius 2 is 1.91 bits per heavy atom. The number of aryl methyl sites for hydroxylation is 1. The molecule has 0 radical (unpaired) electrons. The van der Waals surface area contributed by atoms with Crippen molar-refractivity contribution in [2.45, 2.75) is 51.4 Å². The Bertz CT molecular complexity index is 1780. The fourth-order valence-corrected chi connectivity index (χ4v) is 7.30. The number of hydrogen-bond donors (Lipinski definition) is 2. The number of piperidine rings is 1. The van der Waals surface area contributed by atoms with Gasteiger partial charge in [-0.2, -0.15) is 0 Å². The summed E-state index contributed by atoms with van der Waals surface area (Å²) in [5.41, 5.74) is 5.44. The van der Waals surface area contributed by atoms with Crippen LogP contribution in [0.2, 0.25) is 5.02 Å². The number of carbonyl (C=O) groups excluding carboxylic acids is 2. The topological polar surface area (TPSA) is 104 Å². The van der Waals surface area contributed by atoms with Gasteiger partial charge < -0.3 is 14.6 Å². The summed E-state index contributed by atoms with van der Waals surface area (Å²) in [5, 5.41) is 15.0. The maximum Gasteiger partial charge on any atom is 0.255 e. The maximum atomic E-state index is 13.9. The van der Waals surface area contributed by atoms with E-state index in [4.69, 9.17) is 11.6 Å². The molecule has 5 heterocycles. The Labute approximate surface area is 270 Å². The van der Waals surface area contributed by atoms with Crippen molar-refractivity contribution >= 4 is 39.9 Å². The van der Waals surface area contributed by atoms with Gasteiger partial charge in [0.05, 0.1) is 12.0 Å². The molecule has 0 spiro atoms. The number of aliphatic hydroxyl groups excluding tert-OH is 1. The highest BCUT2D eigenvalue weighted by Gasteiger charge is 2.41. The number of aliphatic hydroxyl groups is 1. The predicted molar refractivity (Wildman–Crippen MR) is 173 cm³/mol. The molecule has 2 aromatic carbocycles. The average Bonchev–Trinajstić information content (AvgIpc) is 3.86. The van der Waals surface area contributed by atoms with Crippen molar-refractivity contribution in [2.24, 2.45) is 5.92 Å². The van der Waals surface area contributed by atoms with E-state index in [9.17, 15) is 14.7 Å². The monoisotopic (exact) mass is 640 g/mol. The van der Waals surface area contributed by atoms with Crippen LogP contribution < -0.4 is 5.32 Å². The second-order valence-corrected chi connectivity index (χ2v) is 13.2. The molecule has 1 saturated heterocycles. The van der Waals surface area contributed by atoms with Crippen molar-refractivity contribution < 1.29 is 14.7 Å². The second kappa shape index (κ2) is 12.8. The molecule has 3 aliphatic heterocycles. The number of carbonyl (C=O) groups is 2. The van der Waals surface area contributed by atoms with Crippen molar-refractivity contribution in [3.63, 3.8) is 0 Å². The molecular formula is C34H33ClN6O3S. The first-order valence-corrected chi connectivity index (χ1v) is 16.5. The van der Waals surface area contributed by atoms with E-state index in [1.807, 2.05) is 12.1 Å². The zero-order chi connectivity index (χ0) is 30.9.